The molecule has 60 heavy (non-hydrogen) atoms. The summed E-state index contributed by atoms with van der Waals surface area (Å²) in [4.78, 5) is 66.7. The van der Waals surface area contributed by atoms with Gasteiger partial charge in [0.2, 0.25) is 5.91 Å². The van der Waals surface area contributed by atoms with Crippen LogP contribution in [0.3, 0.4) is 0 Å². The fraction of sp³-hybridized carbons (Fsp3) is 0.600. The molecule has 0 aliphatic heterocycles. The van der Waals surface area contributed by atoms with Crippen LogP contribution in [0.25, 0.3) is 0 Å². The summed E-state index contributed by atoms with van der Waals surface area (Å²) < 4.78 is 14.8. The van der Waals surface area contributed by atoms with E-state index in [9.17, 15) is 28.8 Å². The highest BCUT2D eigenvalue weighted by Crippen LogP contribution is 2.38. The van der Waals surface area contributed by atoms with Crippen LogP contribution in [0.15, 0.2) is 48.5 Å². The van der Waals surface area contributed by atoms with Gasteiger partial charge in [0.25, 0.3) is 0 Å². The number of nitrogen functional groups attached to an aromatic ring is 1. The van der Waals surface area contributed by atoms with Crippen LogP contribution in [-0.4, -0.2) is 77.6 Å². The number of alkyl carbamates (subject to hydrolysis) is 2. The third-order valence-electron chi connectivity index (χ3n) is 9.94. The first-order valence-corrected chi connectivity index (χ1v) is 20.8. The van der Waals surface area contributed by atoms with E-state index in [0.717, 1.165) is 62.7 Å². The van der Waals surface area contributed by atoms with Gasteiger partial charge in [0.15, 0.2) is 0 Å². The molecule has 2 fully saturated rings. The predicted octanol–water partition coefficient (Wildman–Crippen LogP) is 8.38. The molecular formula is C45H68N4O11. The van der Waals surface area contributed by atoms with Crippen LogP contribution in [0.2, 0.25) is 0 Å². The van der Waals surface area contributed by atoms with Gasteiger partial charge in [-0.15, -0.1) is 0 Å². The van der Waals surface area contributed by atoms with Crippen LogP contribution in [-0.2, 0) is 33.4 Å². The van der Waals surface area contributed by atoms with Gasteiger partial charge in [0.1, 0.15) is 11.2 Å². The summed E-state index contributed by atoms with van der Waals surface area (Å²) >= 11 is 0. The van der Waals surface area contributed by atoms with E-state index in [0.29, 0.717) is 36.5 Å². The number of carbonyl (C=O) groups excluding carboxylic acids is 4. The Morgan fingerprint density at radius 2 is 1.03 bits per heavy atom. The standard InChI is InChI=1S/C23H34N2O5.C14H19NO2.C8H15NO4/c1-23(2,3)30-22(28)24-14-13-20(26)25-19-11-9-18(10-12-19)17-7-5-16(6-8-17)15-21(27)29-4;15-13-7-5-12(6-8-13)11-3-1-10(2-4-11)9-14(16)17;1-8(2,3)13-7(12)9-5-4-6(10)11/h9-12,16-17H,5-8,13-15H2,1-4H3,(H,24,28)(H,25,26);5-8,10-11H,1-4,9,15H2,(H,16,17);4-5H2,1-3H3,(H,9,12)(H,10,11). The second-order valence-corrected chi connectivity index (χ2v) is 17.4. The van der Waals surface area contributed by atoms with E-state index in [4.69, 9.17) is 30.2 Å². The number of benzene rings is 2. The van der Waals surface area contributed by atoms with Crippen molar-refractivity contribution in [2.75, 3.05) is 31.2 Å². The second-order valence-electron chi connectivity index (χ2n) is 17.4. The molecule has 3 amide bonds. The smallest absolute Gasteiger partial charge is 0.407 e. The molecule has 15 heteroatoms. The third-order valence-corrected chi connectivity index (χ3v) is 9.94. The van der Waals surface area contributed by atoms with Gasteiger partial charge in [-0.1, -0.05) is 24.3 Å². The highest BCUT2D eigenvalue weighted by molar-refractivity contribution is 5.91. The molecule has 2 aromatic rings. The van der Waals surface area contributed by atoms with Gasteiger partial charge in [0, 0.05) is 43.7 Å². The van der Waals surface area contributed by atoms with E-state index >= 15 is 0 Å². The lowest BCUT2D eigenvalue weighted by Crippen LogP contribution is -2.34. The quantitative estimate of drug-likeness (QED) is 0.0634. The molecule has 15 nitrogen and oxygen atoms in total. The van der Waals surface area contributed by atoms with E-state index in [-0.39, 0.29) is 37.8 Å². The number of carbonyl (C=O) groups is 6. The van der Waals surface area contributed by atoms with E-state index in [1.165, 1.54) is 18.2 Å². The average molecular weight is 841 g/mol. The lowest BCUT2D eigenvalue weighted by Gasteiger charge is -2.28. The molecule has 0 saturated heterocycles. The summed E-state index contributed by atoms with van der Waals surface area (Å²) in [6, 6.07) is 16.0. The van der Waals surface area contributed by atoms with Crippen LogP contribution in [0.4, 0.5) is 21.0 Å². The lowest BCUT2D eigenvalue weighted by molar-refractivity contribution is -0.142. The Kier molecular flexibility index (Phi) is 21.4. The Hall–Kier alpha value is -5.34. The number of rotatable bonds is 13. The van der Waals surface area contributed by atoms with Crippen LogP contribution >= 0.6 is 0 Å². The molecule has 2 aromatic carbocycles. The van der Waals surface area contributed by atoms with Crippen LogP contribution < -0.4 is 21.7 Å². The highest BCUT2D eigenvalue weighted by atomic mass is 16.6. The number of nitrogens with one attached hydrogen (secondary N) is 3. The van der Waals surface area contributed by atoms with Crippen molar-refractivity contribution in [1.82, 2.24) is 10.6 Å². The van der Waals surface area contributed by atoms with E-state index in [1.54, 1.807) is 41.5 Å². The van der Waals surface area contributed by atoms with Gasteiger partial charge < -0.3 is 46.1 Å². The van der Waals surface area contributed by atoms with Crippen molar-refractivity contribution in [1.29, 1.82) is 0 Å². The highest BCUT2D eigenvalue weighted by Gasteiger charge is 2.25. The summed E-state index contributed by atoms with van der Waals surface area (Å²) in [7, 11) is 1.44. The van der Waals surface area contributed by atoms with Gasteiger partial charge >= 0.3 is 30.1 Å². The topological polar surface area (TPSA) is 233 Å². The number of nitrogens with two attached hydrogens (primary N) is 1. The van der Waals surface area contributed by atoms with Gasteiger partial charge in [-0.25, -0.2) is 9.59 Å². The van der Waals surface area contributed by atoms with Crippen molar-refractivity contribution < 1.29 is 53.2 Å². The SMILES string of the molecule is CC(C)(C)OC(=O)NCCC(=O)O.COC(=O)CC1CCC(c2ccc(NC(=O)CCNC(=O)OC(C)(C)C)cc2)CC1.Nc1ccc(C2CCC(CC(=O)O)CC2)cc1. The first kappa shape index (κ1) is 50.8. The average Bonchev–Trinajstić information content (AvgIpc) is 3.15. The molecule has 2 aliphatic rings. The molecule has 0 bridgehead atoms. The Bertz CT molecular complexity index is 1650. The molecule has 0 aromatic heterocycles. The molecular weight excluding hydrogens is 773 g/mol. The normalized spacial score (nSPS) is 18.7. The zero-order valence-electron chi connectivity index (χ0n) is 36.5. The largest absolute Gasteiger partial charge is 0.481 e. The molecule has 2 aliphatic carbocycles. The number of hydrogen-bond donors (Lipinski definition) is 6. The monoisotopic (exact) mass is 840 g/mol. The van der Waals surface area contributed by atoms with Crippen molar-refractivity contribution in [3.63, 3.8) is 0 Å². The Labute approximate surface area is 354 Å². The van der Waals surface area contributed by atoms with Gasteiger partial charge in [-0.2, -0.15) is 0 Å². The van der Waals surface area contributed by atoms with E-state index in [1.807, 2.05) is 24.3 Å². The maximum atomic E-state index is 12.1. The molecule has 0 unspecified atom stereocenters. The molecule has 0 atom stereocenters. The summed E-state index contributed by atoms with van der Waals surface area (Å²) in [5.41, 5.74) is 8.70. The minimum atomic E-state index is -0.948. The first-order valence-electron chi connectivity index (χ1n) is 20.8. The zero-order chi connectivity index (χ0) is 44.9. The molecule has 2 saturated carbocycles. The molecule has 0 radical (unpaired) electrons. The Morgan fingerprint density at radius 1 is 0.617 bits per heavy atom. The molecule has 4 rings (SSSR count). The number of amides is 3. The number of anilines is 2. The van der Waals surface area contributed by atoms with Gasteiger partial charge in [0.05, 0.1) is 13.5 Å². The number of hydrogen-bond acceptors (Lipinski definition) is 10. The number of esters is 1. The van der Waals surface area contributed by atoms with Crippen molar-refractivity contribution in [2.45, 2.75) is 142 Å². The van der Waals surface area contributed by atoms with Crippen molar-refractivity contribution in [3.8, 4) is 0 Å². The molecule has 0 heterocycles. The number of carboxylic acids is 2. The summed E-state index contributed by atoms with van der Waals surface area (Å²) in [6.07, 6.45) is 8.23. The van der Waals surface area contributed by atoms with Gasteiger partial charge in [-0.3, -0.25) is 19.2 Å². The lowest BCUT2D eigenvalue weighted by atomic mass is 9.77. The number of aliphatic carboxylic acids is 2. The Morgan fingerprint density at radius 3 is 1.43 bits per heavy atom. The molecule has 0 spiro atoms. The van der Waals surface area contributed by atoms with Crippen molar-refractivity contribution >= 4 is 47.4 Å². The summed E-state index contributed by atoms with van der Waals surface area (Å²) in [6.45, 7) is 10.9. The van der Waals surface area contributed by atoms with Crippen molar-refractivity contribution in [2.24, 2.45) is 11.8 Å². The maximum absolute atomic E-state index is 12.1. The number of carboxylic acid groups (broad SMARTS) is 2. The predicted molar refractivity (Wildman–Crippen MR) is 230 cm³/mol. The minimum Gasteiger partial charge on any atom is -0.481 e. The van der Waals surface area contributed by atoms with Crippen LogP contribution in [0, 0.1) is 11.8 Å². The first-order chi connectivity index (χ1) is 28.1. The second kappa shape index (κ2) is 25.3. The van der Waals surface area contributed by atoms with Crippen LogP contribution in [0.1, 0.15) is 142 Å². The zero-order valence-corrected chi connectivity index (χ0v) is 36.5. The number of ether oxygens (including phenoxy) is 3. The Balaban J connectivity index is 0.000000347. The van der Waals surface area contributed by atoms with Gasteiger partial charge in [-0.05, 0) is 152 Å². The maximum Gasteiger partial charge on any atom is 0.407 e. The fourth-order valence-corrected chi connectivity index (χ4v) is 6.97. The molecule has 7 N–H and O–H groups in total. The van der Waals surface area contributed by atoms with E-state index in [2.05, 4.69) is 40.2 Å². The third kappa shape index (κ3) is 22.7. The minimum absolute atomic E-state index is 0.0875. The van der Waals surface area contributed by atoms with Crippen LogP contribution in [0.5, 0.6) is 0 Å². The van der Waals surface area contributed by atoms with E-state index < -0.39 is 35.3 Å². The number of methoxy groups -OCH3 is 1. The summed E-state index contributed by atoms with van der Waals surface area (Å²) in [5, 5.41) is 24.8. The molecule has 334 valence electrons. The summed E-state index contributed by atoms with van der Waals surface area (Å²) in [5.74, 6) is -0.0413. The fourth-order valence-electron chi connectivity index (χ4n) is 6.97. The van der Waals surface area contributed by atoms with Crippen molar-refractivity contribution in [3.05, 3.63) is 59.7 Å².